The van der Waals surface area contributed by atoms with E-state index >= 15 is 0 Å². The quantitative estimate of drug-likeness (QED) is 0.778. The minimum absolute atomic E-state index is 0.161. The summed E-state index contributed by atoms with van der Waals surface area (Å²) < 4.78 is 29.2. The van der Waals surface area contributed by atoms with Crippen molar-refractivity contribution in [3.8, 4) is 11.5 Å². The van der Waals surface area contributed by atoms with Crippen LogP contribution in [0.25, 0.3) is 0 Å². The van der Waals surface area contributed by atoms with Crippen LogP contribution in [0.3, 0.4) is 0 Å². The highest BCUT2D eigenvalue weighted by Crippen LogP contribution is 2.36. The maximum Gasteiger partial charge on any atom is 0.284 e. The zero-order valence-corrected chi connectivity index (χ0v) is 7.37. The number of methoxy groups -OCH3 is 1. The number of aliphatic hydroxyl groups excluding tert-OH is 1. The second-order valence-corrected chi connectivity index (χ2v) is 2.51. The normalized spacial score (nSPS) is 10.6. The Kier molecular flexibility index (Phi) is 3.19. The molecule has 0 aliphatic heterocycles. The van der Waals surface area contributed by atoms with Crippen LogP contribution in [-0.2, 0) is 6.61 Å². The van der Waals surface area contributed by atoms with Gasteiger partial charge < -0.3 is 14.9 Å². The molecule has 0 saturated heterocycles. The van der Waals surface area contributed by atoms with Crippen molar-refractivity contribution in [3.63, 3.8) is 0 Å². The summed E-state index contributed by atoms with van der Waals surface area (Å²) in [5.74, 6) is -0.896. The molecule has 0 radical (unpaired) electrons. The molecule has 0 atom stereocenters. The lowest BCUT2D eigenvalue weighted by atomic mass is 10.2. The lowest BCUT2D eigenvalue weighted by Gasteiger charge is -2.10. The molecule has 1 heterocycles. The van der Waals surface area contributed by atoms with Crippen LogP contribution in [0, 0.1) is 0 Å². The van der Waals surface area contributed by atoms with Gasteiger partial charge in [-0.25, -0.2) is 8.78 Å². The van der Waals surface area contributed by atoms with Gasteiger partial charge in [0, 0.05) is 11.8 Å². The maximum absolute atomic E-state index is 12.2. The van der Waals surface area contributed by atoms with Crippen molar-refractivity contribution in [2.45, 2.75) is 13.0 Å². The van der Waals surface area contributed by atoms with E-state index in [-0.39, 0.29) is 11.3 Å². The summed E-state index contributed by atoms with van der Waals surface area (Å²) in [6.45, 7) is -0.437. The van der Waals surface area contributed by atoms with E-state index in [2.05, 4.69) is 9.72 Å². The number of nitrogens with zero attached hydrogens (tertiary/aromatic N) is 1. The maximum atomic E-state index is 12.2. The van der Waals surface area contributed by atoms with Gasteiger partial charge in [0.25, 0.3) is 6.43 Å². The van der Waals surface area contributed by atoms with E-state index in [9.17, 15) is 13.9 Å². The Hall–Kier alpha value is -1.43. The molecule has 0 saturated carbocycles. The van der Waals surface area contributed by atoms with Crippen LogP contribution in [0.1, 0.15) is 17.7 Å². The van der Waals surface area contributed by atoms with Crippen LogP contribution >= 0.6 is 0 Å². The minimum atomic E-state index is -2.88. The first-order valence-corrected chi connectivity index (χ1v) is 3.75. The Bertz CT molecular complexity index is 331. The molecule has 6 heteroatoms. The number of aliphatic hydroxyl groups is 1. The number of hydrogen-bond acceptors (Lipinski definition) is 4. The Morgan fingerprint density at radius 3 is 2.64 bits per heavy atom. The Morgan fingerprint density at radius 1 is 1.57 bits per heavy atom. The van der Waals surface area contributed by atoms with E-state index in [1.54, 1.807) is 0 Å². The molecular formula is C8H9F2NO3. The summed E-state index contributed by atoms with van der Waals surface area (Å²) in [4.78, 5) is 3.32. The molecule has 1 rings (SSSR count). The third-order valence-electron chi connectivity index (χ3n) is 1.69. The Balaban J connectivity index is 3.27. The average Bonchev–Trinajstić information content (AvgIpc) is 2.16. The third-order valence-corrected chi connectivity index (χ3v) is 1.69. The first-order valence-electron chi connectivity index (χ1n) is 3.75. The van der Waals surface area contributed by atoms with Crippen molar-refractivity contribution in [2.75, 3.05) is 7.11 Å². The highest BCUT2D eigenvalue weighted by molar-refractivity contribution is 5.47. The SMILES string of the molecule is COc1c(CO)cnc(C(F)F)c1O. The smallest absolute Gasteiger partial charge is 0.284 e. The molecule has 0 amide bonds. The average molecular weight is 205 g/mol. The molecule has 78 valence electrons. The van der Waals surface area contributed by atoms with Crippen molar-refractivity contribution in [1.82, 2.24) is 4.98 Å². The number of hydrogen-bond donors (Lipinski definition) is 2. The van der Waals surface area contributed by atoms with E-state index in [0.29, 0.717) is 0 Å². The Morgan fingerprint density at radius 2 is 2.21 bits per heavy atom. The van der Waals surface area contributed by atoms with Gasteiger partial charge in [0.05, 0.1) is 13.7 Å². The number of halogens is 2. The van der Waals surface area contributed by atoms with E-state index in [1.165, 1.54) is 7.11 Å². The zero-order chi connectivity index (χ0) is 10.7. The monoisotopic (exact) mass is 205 g/mol. The summed E-state index contributed by atoms with van der Waals surface area (Å²) >= 11 is 0. The standard InChI is InChI=1S/C8H9F2NO3/c1-14-7-4(3-12)2-11-5(6(7)13)8(9)10/h2,8,12-13H,3H2,1H3. The van der Waals surface area contributed by atoms with Crippen molar-refractivity contribution >= 4 is 0 Å². The van der Waals surface area contributed by atoms with E-state index in [4.69, 9.17) is 5.11 Å². The van der Waals surface area contributed by atoms with Gasteiger partial charge in [-0.15, -0.1) is 0 Å². The van der Waals surface area contributed by atoms with E-state index < -0.39 is 24.5 Å². The molecule has 0 unspecified atom stereocenters. The number of aromatic nitrogens is 1. The number of pyridine rings is 1. The molecule has 4 nitrogen and oxygen atoms in total. The van der Waals surface area contributed by atoms with Gasteiger partial charge in [-0.05, 0) is 0 Å². The van der Waals surface area contributed by atoms with Gasteiger partial charge in [0.1, 0.15) is 0 Å². The number of rotatable bonds is 3. The lowest BCUT2D eigenvalue weighted by Crippen LogP contribution is -1.99. The molecule has 1 aromatic heterocycles. The summed E-state index contributed by atoms with van der Waals surface area (Å²) in [6.07, 6.45) is -1.84. The highest BCUT2D eigenvalue weighted by Gasteiger charge is 2.20. The van der Waals surface area contributed by atoms with E-state index in [1.807, 2.05) is 0 Å². The van der Waals surface area contributed by atoms with E-state index in [0.717, 1.165) is 6.20 Å². The molecule has 14 heavy (non-hydrogen) atoms. The van der Waals surface area contributed by atoms with Crippen LogP contribution in [0.2, 0.25) is 0 Å². The lowest BCUT2D eigenvalue weighted by molar-refractivity contribution is 0.140. The number of aromatic hydroxyl groups is 1. The largest absolute Gasteiger partial charge is 0.503 e. The first kappa shape index (κ1) is 10.6. The van der Waals surface area contributed by atoms with Crippen LogP contribution in [0.5, 0.6) is 11.5 Å². The molecule has 2 N–H and O–H groups in total. The summed E-state index contributed by atoms with van der Waals surface area (Å²) in [6, 6.07) is 0. The van der Waals surface area contributed by atoms with Crippen molar-refractivity contribution in [1.29, 1.82) is 0 Å². The molecule has 1 aromatic rings. The Labute approximate surface area is 78.8 Å². The highest BCUT2D eigenvalue weighted by atomic mass is 19.3. The zero-order valence-electron chi connectivity index (χ0n) is 7.37. The summed E-state index contributed by atoms with van der Waals surface area (Å²) in [7, 11) is 1.21. The van der Waals surface area contributed by atoms with Crippen molar-refractivity contribution in [3.05, 3.63) is 17.5 Å². The van der Waals surface area contributed by atoms with Crippen molar-refractivity contribution < 1.29 is 23.7 Å². The fourth-order valence-electron chi connectivity index (χ4n) is 1.04. The third kappa shape index (κ3) is 1.74. The van der Waals surface area contributed by atoms with Crippen molar-refractivity contribution in [2.24, 2.45) is 0 Å². The fourth-order valence-corrected chi connectivity index (χ4v) is 1.04. The van der Waals surface area contributed by atoms with Crippen LogP contribution in [0.15, 0.2) is 6.20 Å². The number of ether oxygens (including phenoxy) is 1. The molecule has 0 fully saturated rings. The first-order chi connectivity index (χ1) is 6.61. The molecule has 0 aromatic carbocycles. The molecule has 0 bridgehead atoms. The van der Waals surface area contributed by atoms with Crippen LogP contribution in [-0.4, -0.2) is 22.3 Å². The minimum Gasteiger partial charge on any atom is -0.503 e. The second kappa shape index (κ2) is 4.19. The molecular weight excluding hydrogens is 196 g/mol. The van der Waals surface area contributed by atoms with Gasteiger partial charge in [0.15, 0.2) is 17.2 Å². The van der Waals surface area contributed by atoms with Gasteiger partial charge in [-0.2, -0.15) is 0 Å². The summed E-state index contributed by atoms with van der Waals surface area (Å²) in [5, 5.41) is 18.1. The topological polar surface area (TPSA) is 62.6 Å². The van der Waals surface area contributed by atoms with Gasteiger partial charge in [0.2, 0.25) is 0 Å². The fraction of sp³-hybridized carbons (Fsp3) is 0.375. The van der Waals surface area contributed by atoms with Crippen LogP contribution < -0.4 is 4.74 Å². The van der Waals surface area contributed by atoms with Crippen LogP contribution in [0.4, 0.5) is 8.78 Å². The number of alkyl halides is 2. The molecule has 0 aliphatic carbocycles. The molecule has 0 spiro atoms. The second-order valence-electron chi connectivity index (χ2n) is 2.51. The molecule has 0 aliphatic rings. The van der Waals surface area contributed by atoms with Gasteiger partial charge >= 0.3 is 0 Å². The summed E-state index contributed by atoms with van der Waals surface area (Å²) in [5.41, 5.74) is -0.589. The predicted molar refractivity (Wildman–Crippen MR) is 43.3 cm³/mol. The predicted octanol–water partition coefficient (Wildman–Crippen LogP) is 1.23. The van der Waals surface area contributed by atoms with Gasteiger partial charge in [-0.3, -0.25) is 4.98 Å². The van der Waals surface area contributed by atoms with Gasteiger partial charge in [-0.1, -0.05) is 0 Å².